The van der Waals surface area contributed by atoms with Crippen LogP contribution in [0.3, 0.4) is 0 Å². The molecule has 40 heavy (non-hydrogen) atoms. The maximum atomic E-state index is 12.6. The van der Waals surface area contributed by atoms with Crippen molar-refractivity contribution in [3.8, 4) is 11.5 Å². The number of rotatable bonds is 5. The molecule has 0 radical (unpaired) electrons. The van der Waals surface area contributed by atoms with Gasteiger partial charge in [0, 0.05) is 24.9 Å². The van der Waals surface area contributed by atoms with Gasteiger partial charge in [-0.3, -0.25) is 9.59 Å². The van der Waals surface area contributed by atoms with Crippen molar-refractivity contribution in [3.63, 3.8) is 0 Å². The Labute approximate surface area is 224 Å². The zero-order valence-electron chi connectivity index (χ0n) is 21.2. The number of carboxylic acid groups (broad SMARTS) is 2. The molecule has 5 atom stereocenters. The second kappa shape index (κ2) is 9.96. The van der Waals surface area contributed by atoms with Crippen LogP contribution in [0.25, 0.3) is 0 Å². The standard InChI is InChI=1S/C23H25NO9.C2HF3O2/c1-11(25)31-15(21(28)29)10-17(27)32-14-5-6-23(30)16-9-12-3-4-13(26)19-18(12)22(23,20(14)33-19)7-8-24(16)2;3-2(4,5)1(6)7/h3-5,15-16,20,26,30H,6-10H2,1-2H3,(H,28,29);(H,6,7)/t15-,16+,20-,22-,23+;/m0./s1. The zero-order chi connectivity index (χ0) is 29.8. The number of hydrogen-bond donors (Lipinski definition) is 4. The molecule has 2 aliphatic heterocycles. The molecule has 2 bridgehead atoms. The number of nitrogens with zero attached hydrogens (tertiary/aromatic N) is 1. The molecule has 0 unspecified atom stereocenters. The minimum atomic E-state index is -5.08. The number of carboxylic acids is 2. The molecule has 218 valence electrons. The van der Waals surface area contributed by atoms with Gasteiger partial charge in [-0.25, -0.2) is 9.59 Å². The molecule has 12 nitrogen and oxygen atoms in total. The largest absolute Gasteiger partial charge is 0.504 e. The average molecular weight is 573 g/mol. The number of hydrogen-bond acceptors (Lipinski definition) is 10. The first-order valence-corrected chi connectivity index (χ1v) is 12.1. The summed E-state index contributed by atoms with van der Waals surface area (Å²) >= 11 is 0. The molecule has 2 aliphatic carbocycles. The van der Waals surface area contributed by atoms with Crippen LogP contribution in [0, 0.1) is 0 Å². The van der Waals surface area contributed by atoms with Crippen molar-refractivity contribution in [2.45, 2.75) is 68.0 Å². The van der Waals surface area contributed by atoms with Gasteiger partial charge in [0.15, 0.2) is 17.6 Å². The fraction of sp³-hybridized carbons (Fsp3) is 0.520. The first kappa shape index (κ1) is 29.1. The van der Waals surface area contributed by atoms with E-state index in [-0.39, 0.29) is 29.7 Å². The number of halogens is 3. The van der Waals surface area contributed by atoms with Crippen molar-refractivity contribution in [1.29, 1.82) is 0 Å². The molecule has 1 aromatic carbocycles. The van der Waals surface area contributed by atoms with Gasteiger partial charge in [0.2, 0.25) is 6.10 Å². The number of aromatic hydroxyl groups is 1. The summed E-state index contributed by atoms with van der Waals surface area (Å²) in [4.78, 5) is 46.1. The summed E-state index contributed by atoms with van der Waals surface area (Å²) in [6.07, 6.45) is -5.38. The van der Waals surface area contributed by atoms with Crippen molar-refractivity contribution in [2.75, 3.05) is 13.6 Å². The van der Waals surface area contributed by atoms with Gasteiger partial charge < -0.3 is 39.5 Å². The third-order valence-electron chi connectivity index (χ3n) is 7.76. The van der Waals surface area contributed by atoms with Gasteiger partial charge in [0.05, 0.1) is 17.4 Å². The van der Waals surface area contributed by atoms with E-state index in [4.69, 9.17) is 19.4 Å². The second-order valence-electron chi connectivity index (χ2n) is 10.0. The molecule has 0 saturated carbocycles. The van der Waals surface area contributed by atoms with Gasteiger partial charge in [-0.1, -0.05) is 6.07 Å². The topological polar surface area (TPSA) is 180 Å². The number of benzene rings is 1. The average Bonchev–Trinajstić information content (AvgIpc) is 3.20. The van der Waals surface area contributed by atoms with Gasteiger partial charge in [-0.2, -0.15) is 13.2 Å². The van der Waals surface area contributed by atoms with Crippen molar-refractivity contribution in [2.24, 2.45) is 0 Å². The number of carbonyl (C=O) groups excluding carboxylic acids is 2. The second-order valence-corrected chi connectivity index (χ2v) is 10.0. The predicted molar refractivity (Wildman–Crippen MR) is 124 cm³/mol. The van der Waals surface area contributed by atoms with Crippen LogP contribution in [0.2, 0.25) is 0 Å². The van der Waals surface area contributed by atoms with Crippen molar-refractivity contribution < 1.29 is 67.0 Å². The van der Waals surface area contributed by atoms with Crippen LogP contribution in [0.1, 0.15) is 37.3 Å². The SMILES string of the molecule is CC(=O)O[C@@H](CC(=O)OC1=CC[C@@]2(O)[C@H]3Cc4ccc(O)c5c4[C@@]2(CCN3C)[C@H]1O5)C(=O)O.O=C(O)C(F)(F)F. The highest BCUT2D eigenvalue weighted by Crippen LogP contribution is 2.65. The van der Waals surface area contributed by atoms with E-state index in [1.54, 1.807) is 12.1 Å². The Hall–Kier alpha value is -3.85. The van der Waals surface area contributed by atoms with E-state index >= 15 is 0 Å². The van der Waals surface area contributed by atoms with Gasteiger partial charge in [-0.15, -0.1) is 0 Å². The Morgan fingerprint density at radius 2 is 1.88 bits per heavy atom. The Morgan fingerprint density at radius 3 is 2.45 bits per heavy atom. The normalized spacial score (nSPS) is 28.5. The molecule has 15 heteroatoms. The van der Waals surface area contributed by atoms with E-state index < -0.39 is 59.7 Å². The van der Waals surface area contributed by atoms with E-state index in [1.165, 1.54) is 0 Å². The molecule has 4 N–H and O–H groups in total. The number of phenols is 1. The minimum absolute atomic E-state index is 0.0521. The number of piperidine rings is 1. The summed E-state index contributed by atoms with van der Waals surface area (Å²) in [5.74, 6) is -5.56. The van der Waals surface area contributed by atoms with Gasteiger partial charge in [-0.05, 0) is 44.1 Å². The highest BCUT2D eigenvalue weighted by atomic mass is 19.4. The summed E-state index contributed by atoms with van der Waals surface area (Å²) in [5, 5.41) is 38.9. The quantitative estimate of drug-likeness (QED) is 0.371. The molecule has 1 aromatic rings. The Morgan fingerprint density at radius 1 is 1.23 bits per heavy atom. The van der Waals surface area contributed by atoms with E-state index in [2.05, 4.69) is 9.64 Å². The summed E-state index contributed by atoms with van der Waals surface area (Å²) in [6, 6.07) is 3.22. The van der Waals surface area contributed by atoms with Crippen molar-refractivity contribution in [3.05, 3.63) is 35.1 Å². The maximum absolute atomic E-state index is 12.6. The smallest absolute Gasteiger partial charge is 0.490 e. The lowest BCUT2D eigenvalue weighted by Crippen LogP contribution is -2.74. The highest BCUT2D eigenvalue weighted by molar-refractivity contribution is 5.83. The Bertz CT molecular complexity index is 1300. The monoisotopic (exact) mass is 573 g/mol. The van der Waals surface area contributed by atoms with Gasteiger partial charge >= 0.3 is 30.1 Å². The highest BCUT2D eigenvalue weighted by Gasteiger charge is 2.72. The number of likely N-dealkylation sites (N-methyl/N-ethyl adjacent to an activating group) is 1. The predicted octanol–water partition coefficient (Wildman–Crippen LogP) is 1.25. The molecular weight excluding hydrogens is 547 g/mol. The first-order valence-electron chi connectivity index (χ1n) is 12.1. The first-order chi connectivity index (χ1) is 18.5. The molecule has 0 amide bonds. The number of esters is 2. The Balaban J connectivity index is 0.000000470. The number of carbonyl (C=O) groups is 4. The van der Waals surface area contributed by atoms with Crippen molar-refractivity contribution >= 4 is 23.9 Å². The number of alkyl halides is 3. The van der Waals surface area contributed by atoms with Crippen LogP contribution in [0.15, 0.2) is 24.0 Å². The molecule has 4 aliphatic rings. The van der Waals surface area contributed by atoms with Crippen LogP contribution in [-0.4, -0.2) is 92.8 Å². The number of ether oxygens (including phenoxy) is 3. The molecule has 0 aromatic heterocycles. The summed E-state index contributed by atoms with van der Waals surface area (Å²) in [5.41, 5.74) is -0.393. The molecule has 1 saturated heterocycles. The Kier molecular flexibility index (Phi) is 7.26. The van der Waals surface area contributed by atoms with E-state index in [1.807, 2.05) is 13.1 Å². The lowest BCUT2D eigenvalue weighted by molar-refractivity contribution is -0.192. The number of likely N-dealkylation sites (tertiary alicyclic amines) is 1. The maximum Gasteiger partial charge on any atom is 0.490 e. The van der Waals surface area contributed by atoms with Gasteiger partial charge in [0.1, 0.15) is 5.76 Å². The van der Waals surface area contributed by atoms with E-state index in [9.17, 15) is 42.9 Å². The fourth-order valence-electron chi connectivity index (χ4n) is 6.14. The lowest BCUT2D eigenvalue weighted by Gasteiger charge is -2.61. The van der Waals surface area contributed by atoms with Crippen LogP contribution >= 0.6 is 0 Å². The summed E-state index contributed by atoms with van der Waals surface area (Å²) in [6.45, 7) is 1.73. The third kappa shape index (κ3) is 4.62. The van der Waals surface area contributed by atoms with Crippen LogP contribution in [0.5, 0.6) is 11.5 Å². The molecule has 1 spiro atoms. The molecule has 5 rings (SSSR count). The molecule has 1 fully saturated rings. The zero-order valence-corrected chi connectivity index (χ0v) is 21.2. The van der Waals surface area contributed by atoms with E-state index in [0.29, 0.717) is 19.4 Å². The fourth-order valence-corrected chi connectivity index (χ4v) is 6.14. The molecule has 2 heterocycles. The van der Waals surface area contributed by atoms with Crippen molar-refractivity contribution in [1.82, 2.24) is 4.90 Å². The number of phenolic OH excluding ortho intramolecular Hbond substituents is 1. The van der Waals surface area contributed by atoms with Gasteiger partial charge in [0.25, 0.3) is 0 Å². The van der Waals surface area contributed by atoms with E-state index in [0.717, 1.165) is 18.1 Å². The lowest BCUT2D eigenvalue weighted by atomic mass is 9.50. The summed E-state index contributed by atoms with van der Waals surface area (Å²) in [7, 11) is 1.97. The number of aliphatic carboxylic acids is 2. The summed E-state index contributed by atoms with van der Waals surface area (Å²) < 4.78 is 48.1. The van der Waals surface area contributed by atoms with Crippen LogP contribution < -0.4 is 4.74 Å². The molecular formula is C25H26F3NO11. The minimum Gasteiger partial charge on any atom is -0.504 e. The number of aliphatic hydroxyl groups is 1. The van der Waals surface area contributed by atoms with Crippen LogP contribution in [0.4, 0.5) is 13.2 Å². The third-order valence-corrected chi connectivity index (χ3v) is 7.76. The van der Waals surface area contributed by atoms with Crippen LogP contribution in [-0.2, 0) is 40.5 Å².